The van der Waals surface area contributed by atoms with Crippen LogP contribution in [0, 0.1) is 5.92 Å². The van der Waals surface area contributed by atoms with Crippen molar-refractivity contribution in [3.8, 4) is 11.3 Å². The number of alkyl carbamates (subject to hydrolysis) is 1. The Morgan fingerprint density at radius 1 is 1.24 bits per heavy atom. The lowest BCUT2D eigenvalue weighted by Crippen LogP contribution is -2.51. The molecule has 2 fully saturated rings. The van der Waals surface area contributed by atoms with E-state index in [1.165, 1.54) is 18.5 Å². The molecule has 0 atom stereocenters. The van der Waals surface area contributed by atoms with Crippen molar-refractivity contribution in [3.05, 3.63) is 23.1 Å². The molecule has 2 N–H and O–H groups in total. The van der Waals surface area contributed by atoms with Crippen LogP contribution < -0.4 is 10.6 Å². The number of ether oxygens (including phenoxy) is 1. The van der Waals surface area contributed by atoms with Crippen molar-refractivity contribution in [3.63, 3.8) is 0 Å². The number of hydrogen-bond donors (Lipinski definition) is 2. The fourth-order valence-electron chi connectivity index (χ4n) is 4.38. The molecule has 8 nitrogen and oxygen atoms in total. The molecule has 0 unspecified atom stereocenters. The number of halogens is 1. The maximum atomic E-state index is 12.2. The van der Waals surface area contributed by atoms with Crippen LogP contribution in [0.4, 0.5) is 10.7 Å². The van der Waals surface area contributed by atoms with E-state index < -0.39 is 5.60 Å². The molecule has 33 heavy (non-hydrogen) atoms. The number of amides is 1. The largest absolute Gasteiger partial charge is 0.444 e. The summed E-state index contributed by atoms with van der Waals surface area (Å²) in [5, 5.41) is 11.5. The van der Waals surface area contributed by atoms with Crippen LogP contribution in [0.25, 0.3) is 11.3 Å². The smallest absolute Gasteiger partial charge is 0.408 e. The molecule has 0 aromatic carbocycles. The molecule has 180 valence electrons. The minimum Gasteiger partial charge on any atom is -0.444 e. The zero-order chi connectivity index (χ0) is 23.8. The third kappa shape index (κ3) is 6.16. The van der Waals surface area contributed by atoms with Gasteiger partial charge in [0.05, 0.1) is 23.1 Å². The van der Waals surface area contributed by atoms with Crippen molar-refractivity contribution in [2.24, 2.45) is 13.0 Å². The maximum absolute atomic E-state index is 12.2. The van der Waals surface area contributed by atoms with Gasteiger partial charge in [0.25, 0.3) is 0 Å². The van der Waals surface area contributed by atoms with Gasteiger partial charge in [0.1, 0.15) is 5.60 Å². The summed E-state index contributed by atoms with van der Waals surface area (Å²) in [5.41, 5.74) is 2.10. The van der Waals surface area contributed by atoms with Gasteiger partial charge in [0.2, 0.25) is 5.95 Å². The molecule has 2 saturated carbocycles. The van der Waals surface area contributed by atoms with Gasteiger partial charge in [-0.05, 0) is 78.6 Å². The molecule has 0 spiro atoms. The van der Waals surface area contributed by atoms with E-state index in [1.807, 2.05) is 38.7 Å². The fraction of sp³-hybridized carbons (Fsp3) is 0.667. The minimum atomic E-state index is -0.504. The predicted molar refractivity (Wildman–Crippen MR) is 129 cm³/mol. The van der Waals surface area contributed by atoms with Crippen LogP contribution in [0.1, 0.15) is 71.9 Å². The number of rotatable bonds is 6. The van der Waals surface area contributed by atoms with Gasteiger partial charge in [-0.2, -0.15) is 5.10 Å². The Bertz CT molecular complexity index is 1000. The quantitative estimate of drug-likeness (QED) is 0.603. The summed E-state index contributed by atoms with van der Waals surface area (Å²) in [5.74, 6) is 1.31. The number of nitrogens with one attached hydrogen (secondary N) is 2. The lowest BCUT2D eigenvalue weighted by Gasteiger charge is -2.38. The first kappa shape index (κ1) is 23.8. The number of hydrogen-bond acceptors (Lipinski definition) is 6. The molecule has 2 aliphatic carbocycles. The standard InChI is InChI=1S/C24H35ClN6O2/c1-23(2,3)33-22(32)30-24(4)10-8-16(9-11-24)28-21-26-14-18(25)20(29-21)17-13-27-31(5)19(17)12-15-6-7-15/h13-16H,6-12H2,1-5H3,(H,30,32)(H,26,28,29). The topological polar surface area (TPSA) is 94.0 Å². The number of aryl methyl sites for hydroxylation is 1. The molecule has 0 radical (unpaired) electrons. The van der Waals surface area contributed by atoms with Crippen LogP contribution >= 0.6 is 11.6 Å². The van der Waals surface area contributed by atoms with Crippen molar-refractivity contribution in [1.29, 1.82) is 0 Å². The Kier molecular flexibility index (Phi) is 6.58. The summed E-state index contributed by atoms with van der Waals surface area (Å²) in [4.78, 5) is 21.4. The Morgan fingerprint density at radius 3 is 2.58 bits per heavy atom. The van der Waals surface area contributed by atoms with Gasteiger partial charge < -0.3 is 15.4 Å². The van der Waals surface area contributed by atoms with Crippen LogP contribution in [0.15, 0.2) is 12.4 Å². The summed E-state index contributed by atoms with van der Waals surface area (Å²) >= 11 is 6.50. The Labute approximate surface area is 200 Å². The summed E-state index contributed by atoms with van der Waals surface area (Å²) in [6, 6.07) is 0.229. The Balaban J connectivity index is 1.40. The summed E-state index contributed by atoms with van der Waals surface area (Å²) < 4.78 is 7.36. The third-order valence-corrected chi connectivity index (χ3v) is 6.74. The molecule has 0 saturated heterocycles. The van der Waals surface area contributed by atoms with E-state index in [1.54, 1.807) is 6.20 Å². The molecule has 2 aromatic heterocycles. The van der Waals surface area contributed by atoms with Gasteiger partial charge in [0, 0.05) is 29.9 Å². The van der Waals surface area contributed by atoms with Crippen molar-refractivity contribution in [2.45, 2.75) is 89.8 Å². The minimum absolute atomic E-state index is 0.229. The van der Waals surface area contributed by atoms with E-state index in [0.717, 1.165) is 49.3 Å². The van der Waals surface area contributed by atoms with Crippen LogP contribution in [-0.2, 0) is 18.2 Å². The molecule has 0 bridgehead atoms. The molecule has 2 aromatic rings. The fourth-order valence-corrected chi connectivity index (χ4v) is 4.57. The van der Waals surface area contributed by atoms with Crippen LogP contribution in [0.2, 0.25) is 5.02 Å². The zero-order valence-electron chi connectivity index (χ0n) is 20.2. The molecule has 2 heterocycles. The van der Waals surface area contributed by atoms with Crippen molar-refractivity contribution in [2.75, 3.05) is 5.32 Å². The average molecular weight is 475 g/mol. The van der Waals surface area contributed by atoms with Crippen LogP contribution in [0.5, 0.6) is 0 Å². The van der Waals surface area contributed by atoms with E-state index in [0.29, 0.717) is 11.0 Å². The Hall–Kier alpha value is -2.35. The van der Waals surface area contributed by atoms with E-state index in [4.69, 9.17) is 21.3 Å². The second-order valence-electron chi connectivity index (χ2n) is 10.8. The highest BCUT2D eigenvalue weighted by atomic mass is 35.5. The normalized spacial score (nSPS) is 23.3. The van der Waals surface area contributed by atoms with Gasteiger partial charge >= 0.3 is 6.09 Å². The molecule has 9 heteroatoms. The van der Waals surface area contributed by atoms with Crippen molar-refractivity contribution in [1.82, 2.24) is 25.1 Å². The number of aromatic nitrogens is 4. The number of carbonyl (C=O) groups excluding carboxylic acids is 1. The predicted octanol–water partition coefficient (Wildman–Crippen LogP) is 5.12. The molecular weight excluding hydrogens is 440 g/mol. The molecule has 1 amide bonds. The highest BCUT2D eigenvalue weighted by Crippen LogP contribution is 2.37. The number of nitrogens with zero attached hydrogens (tertiary/aromatic N) is 4. The maximum Gasteiger partial charge on any atom is 0.408 e. The monoisotopic (exact) mass is 474 g/mol. The second-order valence-corrected chi connectivity index (χ2v) is 11.2. The number of anilines is 1. The van der Waals surface area contributed by atoms with Crippen molar-refractivity contribution < 1.29 is 9.53 Å². The van der Waals surface area contributed by atoms with Gasteiger partial charge in [-0.15, -0.1) is 0 Å². The Morgan fingerprint density at radius 2 is 1.94 bits per heavy atom. The van der Waals surface area contributed by atoms with Crippen LogP contribution in [-0.4, -0.2) is 43.0 Å². The molecular formula is C24H35ClN6O2. The SMILES string of the molecule is Cn1ncc(-c2nc(NC3CCC(C)(NC(=O)OC(C)(C)C)CC3)ncc2Cl)c1CC1CC1. The summed E-state index contributed by atoms with van der Waals surface area (Å²) in [6.45, 7) is 7.69. The first-order chi connectivity index (χ1) is 15.5. The highest BCUT2D eigenvalue weighted by molar-refractivity contribution is 6.32. The second kappa shape index (κ2) is 9.12. The first-order valence-electron chi connectivity index (χ1n) is 11.8. The molecule has 4 rings (SSSR count). The van der Waals surface area contributed by atoms with Gasteiger partial charge in [-0.25, -0.2) is 14.8 Å². The molecule has 2 aliphatic rings. The van der Waals surface area contributed by atoms with E-state index in [-0.39, 0.29) is 17.7 Å². The van der Waals surface area contributed by atoms with Gasteiger partial charge in [-0.1, -0.05) is 11.6 Å². The third-order valence-electron chi connectivity index (χ3n) is 6.46. The summed E-state index contributed by atoms with van der Waals surface area (Å²) in [7, 11) is 1.97. The lowest BCUT2D eigenvalue weighted by atomic mass is 9.81. The first-order valence-corrected chi connectivity index (χ1v) is 12.2. The van der Waals surface area contributed by atoms with Crippen LogP contribution in [0.3, 0.4) is 0 Å². The molecule has 0 aliphatic heterocycles. The summed E-state index contributed by atoms with van der Waals surface area (Å²) in [6.07, 6.45) is 10.2. The lowest BCUT2D eigenvalue weighted by molar-refractivity contribution is 0.0436. The zero-order valence-corrected chi connectivity index (χ0v) is 21.0. The average Bonchev–Trinajstić information content (AvgIpc) is 3.46. The highest BCUT2D eigenvalue weighted by Gasteiger charge is 2.34. The van der Waals surface area contributed by atoms with E-state index in [2.05, 4.69) is 27.6 Å². The van der Waals surface area contributed by atoms with Gasteiger partial charge in [-0.3, -0.25) is 4.68 Å². The van der Waals surface area contributed by atoms with Gasteiger partial charge in [0.15, 0.2) is 0 Å². The van der Waals surface area contributed by atoms with E-state index in [9.17, 15) is 4.79 Å². The number of carbonyl (C=O) groups is 1. The van der Waals surface area contributed by atoms with E-state index >= 15 is 0 Å². The van der Waals surface area contributed by atoms with Crippen molar-refractivity contribution >= 4 is 23.6 Å².